The summed E-state index contributed by atoms with van der Waals surface area (Å²) in [5, 5.41) is 6.98. The van der Waals surface area contributed by atoms with Crippen molar-refractivity contribution >= 4 is 5.91 Å². The minimum Gasteiger partial charge on any atom is -0.486 e. The Balaban J connectivity index is 1.50. The molecule has 2 aliphatic heterocycles. The highest BCUT2D eigenvalue weighted by Gasteiger charge is 2.29. The summed E-state index contributed by atoms with van der Waals surface area (Å²) in [7, 11) is 0. The normalized spacial score (nSPS) is 20.2. The second-order valence-corrected chi connectivity index (χ2v) is 5.61. The molecule has 1 aromatic heterocycles. The number of benzene rings is 1. The van der Waals surface area contributed by atoms with Crippen LogP contribution in [0.5, 0.6) is 11.5 Å². The van der Waals surface area contributed by atoms with E-state index in [1.165, 1.54) is 0 Å². The highest BCUT2D eigenvalue weighted by molar-refractivity contribution is 5.95. The summed E-state index contributed by atoms with van der Waals surface area (Å²) in [6.07, 6.45) is 2.71. The van der Waals surface area contributed by atoms with E-state index in [1.54, 1.807) is 18.3 Å². The van der Waals surface area contributed by atoms with E-state index in [1.807, 2.05) is 17.0 Å². The molecule has 1 aromatic carbocycles. The fourth-order valence-electron chi connectivity index (χ4n) is 3.05. The first-order valence-electron chi connectivity index (χ1n) is 7.49. The number of nitrogens with one attached hydrogen (secondary N) is 1. The van der Waals surface area contributed by atoms with E-state index >= 15 is 0 Å². The third-order valence-corrected chi connectivity index (χ3v) is 4.23. The molecule has 1 fully saturated rings. The molecule has 1 amide bonds. The molecule has 0 bridgehead atoms. The van der Waals surface area contributed by atoms with Crippen LogP contribution < -0.4 is 9.47 Å². The van der Waals surface area contributed by atoms with Crippen LogP contribution in [0.3, 0.4) is 0 Å². The zero-order chi connectivity index (χ0) is 14.9. The molecular weight excluding hydrogens is 282 g/mol. The van der Waals surface area contributed by atoms with Gasteiger partial charge in [0.15, 0.2) is 11.5 Å². The first-order chi connectivity index (χ1) is 10.8. The number of fused-ring (bicyclic) bond motifs is 1. The molecule has 1 N–H and O–H groups in total. The van der Waals surface area contributed by atoms with Crippen LogP contribution in [0, 0.1) is 0 Å². The smallest absolute Gasteiger partial charge is 0.254 e. The number of H-pyrrole nitrogens is 1. The molecule has 0 radical (unpaired) electrons. The van der Waals surface area contributed by atoms with E-state index < -0.39 is 0 Å². The predicted octanol–water partition coefficient (Wildman–Crippen LogP) is 1.81. The molecule has 1 unspecified atom stereocenters. The van der Waals surface area contributed by atoms with Gasteiger partial charge in [-0.05, 0) is 30.7 Å². The van der Waals surface area contributed by atoms with E-state index in [4.69, 9.17) is 9.47 Å². The van der Waals surface area contributed by atoms with Gasteiger partial charge in [0.25, 0.3) is 5.91 Å². The van der Waals surface area contributed by atoms with Gasteiger partial charge in [-0.15, -0.1) is 0 Å². The van der Waals surface area contributed by atoms with Gasteiger partial charge in [-0.3, -0.25) is 9.89 Å². The Morgan fingerprint density at radius 3 is 2.91 bits per heavy atom. The Labute approximate surface area is 128 Å². The van der Waals surface area contributed by atoms with Crippen LogP contribution in [0.25, 0.3) is 0 Å². The van der Waals surface area contributed by atoms with Gasteiger partial charge >= 0.3 is 0 Å². The van der Waals surface area contributed by atoms with E-state index in [9.17, 15) is 4.79 Å². The molecule has 2 aliphatic rings. The van der Waals surface area contributed by atoms with Crippen LogP contribution in [0.15, 0.2) is 30.5 Å². The minimum atomic E-state index is 0.0407. The molecule has 1 atom stereocenters. The van der Waals surface area contributed by atoms with Gasteiger partial charge < -0.3 is 14.4 Å². The van der Waals surface area contributed by atoms with Crippen molar-refractivity contribution in [3.63, 3.8) is 0 Å². The SMILES string of the molecule is O=C(c1ccc2c(c1)OCCO2)N1CCC(c2ccn[nH]2)C1. The van der Waals surface area contributed by atoms with Gasteiger partial charge in [0.05, 0.1) is 0 Å². The Bertz CT molecular complexity index is 684. The Hall–Kier alpha value is -2.50. The van der Waals surface area contributed by atoms with Gasteiger partial charge in [-0.2, -0.15) is 5.10 Å². The van der Waals surface area contributed by atoms with Gasteiger partial charge in [-0.25, -0.2) is 0 Å². The van der Waals surface area contributed by atoms with Crippen molar-refractivity contribution in [2.75, 3.05) is 26.3 Å². The molecule has 3 heterocycles. The number of nitrogens with zero attached hydrogens (tertiary/aromatic N) is 2. The Kier molecular flexibility index (Phi) is 3.21. The molecule has 22 heavy (non-hydrogen) atoms. The summed E-state index contributed by atoms with van der Waals surface area (Å²) in [5.74, 6) is 1.74. The topological polar surface area (TPSA) is 67.5 Å². The van der Waals surface area contributed by atoms with Crippen molar-refractivity contribution < 1.29 is 14.3 Å². The number of hydrogen-bond acceptors (Lipinski definition) is 4. The second kappa shape index (κ2) is 5.36. The van der Waals surface area contributed by atoms with E-state index in [0.717, 1.165) is 25.2 Å². The number of likely N-dealkylation sites (tertiary alicyclic amines) is 1. The molecule has 6 heteroatoms. The lowest BCUT2D eigenvalue weighted by Gasteiger charge is -2.20. The summed E-state index contributed by atoms with van der Waals surface area (Å²) in [6, 6.07) is 7.37. The lowest BCUT2D eigenvalue weighted by molar-refractivity contribution is 0.0789. The maximum atomic E-state index is 12.7. The van der Waals surface area contributed by atoms with E-state index in [-0.39, 0.29) is 5.91 Å². The van der Waals surface area contributed by atoms with Crippen LogP contribution in [-0.2, 0) is 0 Å². The molecular formula is C16H17N3O3. The van der Waals surface area contributed by atoms with Crippen molar-refractivity contribution in [3.05, 3.63) is 41.7 Å². The zero-order valence-corrected chi connectivity index (χ0v) is 12.1. The second-order valence-electron chi connectivity index (χ2n) is 5.61. The quantitative estimate of drug-likeness (QED) is 0.918. The van der Waals surface area contributed by atoms with E-state index in [0.29, 0.717) is 36.2 Å². The summed E-state index contributed by atoms with van der Waals surface area (Å²) in [6.45, 7) is 2.56. The third kappa shape index (κ3) is 2.30. The van der Waals surface area contributed by atoms with Crippen LogP contribution >= 0.6 is 0 Å². The van der Waals surface area contributed by atoms with Gasteiger partial charge in [0, 0.05) is 36.5 Å². The van der Waals surface area contributed by atoms with E-state index in [2.05, 4.69) is 10.2 Å². The third-order valence-electron chi connectivity index (χ3n) is 4.23. The molecule has 114 valence electrons. The first-order valence-corrected chi connectivity index (χ1v) is 7.49. The molecule has 1 saturated heterocycles. The van der Waals surface area contributed by atoms with Crippen LogP contribution in [-0.4, -0.2) is 47.3 Å². The average Bonchev–Trinajstić information content (AvgIpc) is 3.24. The van der Waals surface area contributed by atoms with Crippen molar-refractivity contribution in [3.8, 4) is 11.5 Å². The summed E-state index contributed by atoms with van der Waals surface area (Å²) in [5.41, 5.74) is 1.74. The zero-order valence-electron chi connectivity index (χ0n) is 12.1. The van der Waals surface area contributed by atoms with Crippen LogP contribution in [0.2, 0.25) is 0 Å². The van der Waals surface area contributed by atoms with Crippen molar-refractivity contribution in [1.29, 1.82) is 0 Å². The van der Waals surface area contributed by atoms with Crippen molar-refractivity contribution in [2.45, 2.75) is 12.3 Å². The van der Waals surface area contributed by atoms with Crippen molar-refractivity contribution in [2.24, 2.45) is 0 Å². The van der Waals surface area contributed by atoms with Crippen molar-refractivity contribution in [1.82, 2.24) is 15.1 Å². The van der Waals surface area contributed by atoms with Gasteiger partial charge in [-0.1, -0.05) is 0 Å². The number of aromatic nitrogens is 2. The standard InChI is InChI=1S/C16H17N3O3/c20-16(11-1-2-14-15(9-11)22-8-7-21-14)19-6-4-12(10-19)13-3-5-17-18-13/h1-3,5,9,12H,4,6-8,10H2,(H,17,18). The number of rotatable bonds is 2. The molecule has 0 aliphatic carbocycles. The molecule has 0 spiro atoms. The Morgan fingerprint density at radius 2 is 2.09 bits per heavy atom. The lowest BCUT2D eigenvalue weighted by Crippen LogP contribution is -2.28. The fraction of sp³-hybridized carbons (Fsp3) is 0.375. The fourth-order valence-corrected chi connectivity index (χ4v) is 3.05. The molecule has 4 rings (SSSR count). The molecule has 0 saturated carbocycles. The highest BCUT2D eigenvalue weighted by Crippen LogP contribution is 2.32. The summed E-state index contributed by atoms with van der Waals surface area (Å²) in [4.78, 5) is 14.5. The number of carbonyl (C=O) groups excluding carboxylic acids is 1. The largest absolute Gasteiger partial charge is 0.486 e. The number of hydrogen-bond donors (Lipinski definition) is 1. The monoisotopic (exact) mass is 299 g/mol. The minimum absolute atomic E-state index is 0.0407. The lowest BCUT2D eigenvalue weighted by atomic mass is 10.1. The highest BCUT2D eigenvalue weighted by atomic mass is 16.6. The average molecular weight is 299 g/mol. The molecule has 2 aromatic rings. The van der Waals surface area contributed by atoms with Gasteiger partial charge in [0.2, 0.25) is 0 Å². The molecule has 6 nitrogen and oxygen atoms in total. The summed E-state index contributed by atoms with van der Waals surface area (Å²) >= 11 is 0. The number of ether oxygens (including phenoxy) is 2. The maximum absolute atomic E-state index is 12.7. The van der Waals surface area contributed by atoms with Crippen LogP contribution in [0.4, 0.5) is 0 Å². The number of aromatic amines is 1. The maximum Gasteiger partial charge on any atom is 0.254 e. The first kappa shape index (κ1) is 13.2. The van der Waals surface area contributed by atoms with Gasteiger partial charge in [0.1, 0.15) is 13.2 Å². The number of amides is 1. The number of carbonyl (C=O) groups is 1. The Morgan fingerprint density at radius 1 is 1.23 bits per heavy atom. The summed E-state index contributed by atoms with van der Waals surface area (Å²) < 4.78 is 11.0. The predicted molar refractivity (Wildman–Crippen MR) is 79.3 cm³/mol. The van der Waals surface area contributed by atoms with Crippen LogP contribution in [0.1, 0.15) is 28.4 Å².